The van der Waals surface area contributed by atoms with Crippen molar-refractivity contribution in [1.29, 1.82) is 0 Å². The molecule has 0 radical (unpaired) electrons. The third kappa shape index (κ3) is 5.37. The highest BCUT2D eigenvalue weighted by atomic mass is 16.6. The molecule has 2 atom stereocenters. The number of hydrogen-bond donors (Lipinski definition) is 2. The molecule has 1 aliphatic heterocycles. The van der Waals surface area contributed by atoms with Gasteiger partial charge in [0.25, 0.3) is 0 Å². The summed E-state index contributed by atoms with van der Waals surface area (Å²) in [7, 11) is 0. The van der Waals surface area contributed by atoms with E-state index < -0.39 is 5.60 Å². The topological polar surface area (TPSA) is 73.6 Å². The quantitative estimate of drug-likeness (QED) is 0.822. The summed E-state index contributed by atoms with van der Waals surface area (Å²) in [5.41, 5.74) is 5.15. The average Bonchev–Trinajstić information content (AvgIpc) is 2.30. The lowest BCUT2D eigenvalue weighted by Crippen LogP contribution is -2.51. The maximum absolute atomic E-state index is 11.7. The van der Waals surface area contributed by atoms with Gasteiger partial charge in [-0.2, -0.15) is 0 Å². The molecule has 112 valence electrons. The van der Waals surface area contributed by atoms with Crippen LogP contribution in [-0.4, -0.2) is 36.5 Å². The van der Waals surface area contributed by atoms with Gasteiger partial charge in [-0.05, 0) is 40.0 Å². The predicted molar refractivity (Wildman–Crippen MR) is 75.0 cm³/mol. The summed E-state index contributed by atoms with van der Waals surface area (Å²) in [5, 5.41) is 2.85. The van der Waals surface area contributed by atoms with Gasteiger partial charge in [0.2, 0.25) is 0 Å². The van der Waals surface area contributed by atoms with E-state index in [0.29, 0.717) is 13.2 Å². The molecule has 0 aromatic rings. The number of carbonyl (C=O) groups is 1. The summed E-state index contributed by atoms with van der Waals surface area (Å²) in [6, 6.07) is 0.0198. The lowest BCUT2D eigenvalue weighted by atomic mass is 9.88. The zero-order valence-electron chi connectivity index (χ0n) is 12.6. The largest absolute Gasteiger partial charge is 0.444 e. The van der Waals surface area contributed by atoms with Crippen molar-refractivity contribution >= 4 is 6.09 Å². The summed E-state index contributed by atoms with van der Waals surface area (Å²) in [4.78, 5) is 11.7. The second kappa shape index (κ2) is 6.57. The Kier molecular flexibility index (Phi) is 5.62. The SMILES string of the molecule is CCCC1(CN)CCC(NC(=O)OC(C)(C)C)CO1. The number of rotatable bonds is 4. The molecule has 0 spiro atoms. The van der Waals surface area contributed by atoms with Gasteiger partial charge in [-0.3, -0.25) is 0 Å². The molecule has 0 bridgehead atoms. The number of ether oxygens (including phenoxy) is 2. The molecule has 0 aromatic carbocycles. The summed E-state index contributed by atoms with van der Waals surface area (Å²) < 4.78 is 11.1. The highest BCUT2D eigenvalue weighted by molar-refractivity contribution is 5.68. The molecule has 2 unspecified atom stereocenters. The zero-order chi connectivity index (χ0) is 14.5. The van der Waals surface area contributed by atoms with E-state index in [1.165, 1.54) is 0 Å². The van der Waals surface area contributed by atoms with Gasteiger partial charge in [-0.25, -0.2) is 4.79 Å². The van der Waals surface area contributed by atoms with Crippen LogP contribution in [0.4, 0.5) is 4.79 Å². The third-order valence-corrected chi connectivity index (χ3v) is 3.34. The summed E-state index contributed by atoms with van der Waals surface area (Å²) in [6.07, 6.45) is 3.43. The zero-order valence-corrected chi connectivity index (χ0v) is 12.6. The smallest absolute Gasteiger partial charge is 0.407 e. The van der Waals surface area contributed by atoms with E-state index in [9.17, 15) is 4.79 Å². The Morgan fingerprint density at radius 2 is 2.21 bits per heavy atom. The first-order valence-electron chi connectivity index (χ1n) is 7.14. The van der Waals surface area contributed by atoms with Crippen LogP contribution in [0.5, 0.6) is 0 Å². The summed E-state index contributed by atoms with van der Waals surface area (Å²) in [5.74, 6) is 0. The Bertz CT molecular complexity index is 292. The molecule has 1 aliphatic rings. The number of carbonyl (C=O) groups excluding carboxylic acids is 1. The molecule has 1 saturated heterocycles. The summed E-state index contributed by atoms with van der Waals surface area (Å²) >= 11 is 0. The molecule has 1 amide bonds. The maximum Gasteiger partial charge on any atom is 0.407 e. The molecule has 3 N–H and O–H groups in total. The van der Waals surface area contributed by atoms with E-state index in [-0.39, 0.29) is 17.7 Å². The van der Waals surface area contributed by atoms with Crippen molar-refractivity contribution in [3.05, 3.63) is 0 Å². The van der Waals surface area contributed by atoms with Crippen LogP contribution in [0.1, 0.15) is 53.4 Å². The molecule has 1 heterocycles. The van der Waals surface area contributed by atoms with E-state index in [2.05, 4.69) is 12.2 Å². The fraction of sp³-hybridized carbons (Fsp3) is 0.929. The van der Waals surface area contributed by atoms with Crippen LogP contribution in [0.25, 0.3) is 0 Å². The molecule has 5 heteroatoms. The number of hydrogen-bond acceptors (Lipinski definition) is 4. The summed E-state index contributed by atoms with van der Waals surface area (Å²) in [6.45, 7) is 8.74. The van der Waals surface area contributed by atoms with E-state index in [1.807, 2.05) is 20.8 Å². The van der Waals surface area contributed by atoms with Gasteiger partial charge in [0.1, 0.15) is 5.60 Å². The minimum Gasteiger partial charge on any atom is -0.444 e. The van der Waals surface area contributed by atoms with Crippen LogP contribution in [0.3, 0.4) is 0 Å². The van der Waals surface area contributed by atoms with Crippen molar-refractivity contribution in [2.45, 2.75) is 70.6 Å². The monoisotopic (exact) mass is 272 g/mol. The molecule has 0 aliphatic carbocycles. The van der Waals surface area contributed by atoms with Gasteiger partial charge < -0.3 is 20.5 Å². The molecule has 19 heavy (non-hydrogen) atoms. The lowest BCUT2D eigenvalue weighted by Gasteiger charge is -2.39. The van der Waals surface area contributed by atoms with Gasteiger partial charge >= 0.3 is 6.09 Å². The highest BCUT2D eigenvalue weighted by Gasteiger charge is 2.35. The van der Waals surface area contributed by atoms with Crippen LogP contribution < -0.4 is 11.1 Å². The normalized spacial score (nSPS) is 27.9. The Balaban J connectivity index is 2.39. The Morgan fingerprint density at radius 3 is 2.63 bits per heavy atom. The lowest BCUT2D eigenvalue weighted by molar-refractivity contribution is -0.0894. The van der Waals surface area contributed by atoms with Crippen LogP contribution in [0.2, 0.25) is 0 Å². The van der Waals surface area contributed by atoms with Crippen molar-refractivity contribution in [3.63, 3.8) is 0 Å². The first-order chi connectivity index (χ1) is 8.80. The first-order valence-corrected chi connectivity index (χ1v) is 7.14. The van der Waals surface area contributed by atoms with Crippen LogP contribution >= 0.6 is 0 Å². The van der Waals surface area contributed by atoms with Gasteiger partial charge in [0.15, 0.2) is 0 Å². The highest BCUT2D eigenvalue weighted by Crippen LogP contribution is 2.28. The number of nitrogens with two attached hydrogens (primary N) is 1. The van der Waals surface area contributed by atoms with Gasteiger partial charge in [0.05, 0.1) is 18.2 Å². The molecule has 1 rings (SSSR count). The number of amides is 1. The molecule has 5 nitrogen and oxygen atoms in total. The van der Waals surface area contributed by atoms with Gasteiger partial charge in [-0.1, -0.05) is 13.3 Å². The van der Waals surface area contributed by atoms with Gasteiger partial charge in [-0.15, -0.1) is 0 Å². The number of nitrogens with one attached hydrogen (secondary N) is 1. The maximum atomic E-state index is 11.7. The van der Waals surface area contributed by atoms with E-state index in [1.54, 1.807) is 0 Å². The van der Waals surface area contributed by atoms with Crippen molar-refractivity contribution in [1.82, 2.24) is 5.32 Å². The van der Waals surface area contributed by atoms with E-state index in [4.69, 9.17) is 15.2 Å². The third-order valence-electron chi connectivity index (χ3n) is 3.34. The first kappa shape index (κ1) is 16.2. The number of alkyl carbamates (subject to hydrolysis) is 1. The van der Waals surface area contributed by atoms with Gasteiger partial charge in [0, 0.05) is 6.54 Å². The van der Waals surface area contributed by atoms with E-state index in [0.717, 1.165) is 25.7 Å². The molecular formula is C14H28N2O3. The fourth-order valence-electron chi connectivity index (χ4n) is 2.37. The van der Waals surface area contributed by atoms with Crippen LogP contribution in [0.15, 0.2) is 0 Å². The second-order valence-corrected chi connectivity index (χ2v) is 6.33. The van der Waals surface area contributed by atoms with E-state index >= 15 is 0 Å². The minimum atomic E-state index is -0.469. The molecule has 0 aromatic heterocycles. The predicted octanol–water partition coefficient (Wildman–Crippen LogP) is 2.19. The van der Waals surface area contributed by atoms with Crippen molar-refractivity contribution in [2.24, 2.45) is 5.73 Å². The van der Waals surface area contributed by atoms with Crippen molar-refractivity contribution in [2.75, 3.05) is 13.2 Å². The molecule has 0 saturated carbocycles. The molecular weight excluding hydrogens is 244 g/mol. The average molecular weight is 272 g/mol. The van der Waals surface area contributed by atoms with Crippen LogP contribution in [-0.2, 0) is 9.47 Å². The Morgan fingerprint density at radius 1 is 1.53 bits per heavy atom. The van der Waals surface area contributed by atoms with Crippen molar-refractivity contribution < 1.29 is 14.3 Å². The molecule has 1 fully saturated rings. The Hall–Kier alpha value is -0.810. The van der Waals surface area contributed by atoms with Crippen molar-refractivity contribution in [3.8, 4) is 0 Å². The second-order valence-electron chi connectivity index (χ2n) is 6.33. The fourth-order valence-corrected chi connectivity index (χ4v) is 2.37. The standard InChI is InChI=1S/C14H28N2O3/c1-5-7-14(10-15)8-6-11(9-18-14)16-12(17)19-13(2,3)4/h11H,5-10,15H2,1-4H3,(H,16,17). The minimum absolute atomic E-state index is 0.0198. The van der Waals surface area contributed by atoms with Crippen LogP contribution in [0, 0.1) is 0 Å². The Labute approximate surface area is 116 Å².